The highest BCUT2D eigenvalue weighted by atomic mass is 14.6. The van der Waals surface area contributed by atoms with Crippen LogP contribution in [0.1, 0.15) is 22.3 Å². The van der Waals surface area contributed by atoms with Crippen LogP contribution in [-0.2, 0) is 0 Å². The van der Waals surface area contributed by atoms with Crippen LogP contribution in [-0.4, -0.2) is 4.98 Å². The number of aryl methyl sites for hydroxylation is 2. The Kier molecular flexibility index (Phi) is 3.34. The number of hydrogen-bond donors (Lipinski definition) is 0. The minimum Gasteiger partial charge on any atom is -0.256 e. The zero-order valence-corrected chi connectivity index (χ0v) is 11.8. The van der Waals surface area contributed by atoms with Crippen LogP contribution in [0.4, 0.5) is 0 Å². The van der Waals surface area contributed by atoms with E-state index in [9.17, 15) is 0 Å². The van der Waals surface area contributed by atoms with Crippen LogP contribution in [0.5, 0.6) is 0 Å². The van der Waals surface area contributed by atoms with E-state index in [4.69, 9.17) is 0 Å². The van der Waals surface area contributed by atoms with E-state index in [1.165, 1.54) is 27.6 Å². The molecular formula is C19H17N. The van der Waals surface area contributed by atoms with Crippen molar-refractivity contribution in [2.24, 2.45) is 0 Å². The molecule has 0 saturated carbocycles. The van der Waals surface area contributed by atoms with Crippen molar-refractivity contribution >= 4 is 23.1 Å². The van der Waals surface area contributed by atoms with Crippen molar-refractivity contribution < 1.29 is 0 Å². The van der Waals surface area contributed by atoms with Crippen LogP contribution in [0.15, 0.2) is 54.7 Å². The Labute approximate surface area is 119 Å². The van der Waals surface area contributed by atoms with E-state index in [1.54, 1.807) is 0 Å². The summed E-state index contributed by atoms with van der Waals surface area (Å²) in [5.41, 5.74) is 6.15. The quantitative estimate of drug-likeness (QED) is 0.629. The number of benzene rings is 2. The molecule has 0 spiro atoms. The van der Waals surface area contributed by atoms with Crippen molar-refractivity contribution in [1.82, 2.24) is 4.98 Å². The fraction of sp³-hybridized carbons (Fsp3) is 0.105. The highest BCUT2D eigenvalue weighted by molar-refractivity contribution is 5.90. The molecule has 0 aliphatic rings. The lowest BCUT2D eigenvalue weighted by Crippen LogP contribution is -1.86. The SMILES string of the molecule is Cc1cccc(C)c1C=Cc1ccnc2ccccc12. The van der Waals surface area contributed by atoms with Gasteiger partial charge in [-0.3, -0.25) is 4.98 Å². The first-order valence-corrected chi connectivity index (χ1v) is 6.84. The fourth-order valence-electron chi connectivity index (χ4n) is 2.53. The summed E-state index contributed by atoms with van der Waals surface area (Å²) < 4.78 is 0. The Hall–Kier alpha value is -2.41. The molecule has 1 nitrogen and oxygen atoms in total. The maximum Gasteiger partial charge on any atom is 0.0707 e. The smallest absolute Gasteiger partial charge is 0.0707 e. The molecule has 0 bridgehead atoms. The number of rotatable bonds is 2. The molecule has 0 aliphatic carbocycles. The summed E-state index contributed by atoms with van der Waals surface area (Å²) in [5, 5.41) is 1.19. The van der Waals surface area contributed by atoms with E-state index < -0.39 is 0 Å². The molecule has 20 heavy (non-hydrogen) atoms. The van der Waals surface area contributed by atoms with Crippen molar-refractivity contribution in [3.05, 3.63) is 77.0 Å². The Morgan fingerprint density at radius 2 is 1.55 bits per heavy atom. The van der Waals surface area contributed by atoms with Gasteiger partial charge in [0, 0.05) is 11.6 Å². The van der Waals surface area contributed by atoms with E-state index in [1.807, 2.05) is 18.3 Å². The van der Waals surface area contributed by atoms with Crippen molar-refractivity contribution in [1.29, 1.82) is 0 Å². The van der Waals surface area contributed by atoms with Gasteiger partial charge >= 0.3 is 0 Å². The van der Waals surface area contributed by atoms with Crippen LogP contribution in [0.3, 0.4) is 0 Å². The average Bonchev–Trinajstić information content (AvgIpc) is 2.47. The van der Waals surface area contributed by atoms with Gasteiger partial charge in [0.25, 0.3) is 0 Å². The molecule has 2 aromatic carbocycles. The molecule has 3 rings (SSSR count). The number of nitrogens with zero attached hydrogens (tertiary/aromatic N) is 1. The van der Waals surface area contributed by atoms with Gasteiger partial charge in [-0.25, -0.2) is 0 Å². The van der Waals surface area contributed by atoms with E-state index in [-0.39, 0.29) is 0 Å². The number of fused-ring (bicyclic) bond motifs is 1. The molecule has 1 heteroatoms. The summed E-state index contributed by atoms with van der Waals surface area (Å²) in [6.45, 7) is 4.30. The van der Waals surface area contributed by atoms with Gasteiger partial charge in [0.2, 0.25) is 0 Å². The second-order valence-electron chi connectivity index (χ2n) is 5.06. The summed E-state index contributed by atoms with van der Waals surface area (Å²) in [6, 6.07) is 16.7. The van der Waals surface area contributed by atoms with Gasteiger partial charge < -0.3 is 0 Å². The number of aromatic nitrogens is 1. The Bertz CT molecular complexity index is 759. The number of pyridine rings is 1. The van der Waals surface area contributed by atoms with Crippen LogP contribution < -0.4 is 0 Å². The van der Waals surface area contributed by atoms with Crippen molar-refractivity contribution in [3.63, 3.8) is 0 Å². The predicted octanol–water partition coefficient (Wildman–Crippen LogP) is 5.02. The van der Waals surface area contributed by atoms with E-state index in [0.717, 1.165) is 5.52 Å². The molecule has 0 radical (unpaired) electrons. The molecule has 3 aromatic rings. The Morgan fingerprint density at radius 3 is 2.35 bits per heavy atom. The normalized spacial score (nSPS) is 11.3. The standard InChI is InChI=1S/C19H17N/c1-14-6-5-7-15(2)17(14)11-10-16-12-13-20-19-9-4-3-8-18(16)19/h3-13H,1-2H3. The topological polar surface area (TPSA) is 12.9 Å². The largest absolute Gasteiger partial charge is 0.256 e. The van der Waals surface area contributed by atoms with Crippen LogP contribution >= 0.6 is 0 Å². The average molecular weight is 259 g/mol. The zero-order chi connectivity index (χ0) is 13.9. The number of para-hydroxylation sites is 1. The molecule has 0 atom stereocenters. The lowest BCUT2D eigenvalue weighted by molar-refractivity contribution is 1.36. The van der Waals surface area contributed by atoms with E-state index >= 15 is 0 Å². The molecular weight excluding hydrogens is 242 g/mol. The predicted molar refractivity (Wildman–Crippen MR) is 86.6 cm³/mol. The first-order chi connectivity index (χ1) is 9.75. The van der Waals surface area contributed by atoms with Gasteiger partial charge in [0.15, 0.2) is 0 Å². The number of hydrogen-bond acceptors (Lipinski definition) is 1. The first-order valence-electron chi connectivity index (χ1n) is 6.84. The Morgan fingerprint density at radius 1 is 0.800 bits per heavy atom. The molecule has 0 amide bonds. The highest BCUT2D eigenvalue weighted by Gasteiger charge is 2.00. The van der Waals surface area contributed by atoms with Crippen molar-refractivity contribution in [2.75, 3.05) is 0 Å². The first kappa shape index (κ1) is 12.6. The van der Waals surface area contributed by atoms with Gasteiger partial charge in [-0.05, 0) is 48.2 Å². The summed E-state index contributed by atoms with van der Waals surface area (Å²) in [5.74, 6) is 0. The zero-order valence-electron chi connectivity index (χ0n) is 11.8. The minimum absolute atomic E-state index is 1.04. The molecule has 98 valence electrons. The molecule has 0 aliphatic heterocycles. The lowest BCUT2D eigenvalue weighted by atomic mass is 10.0. The molecule has 1 aromatic heterocycles. The summed E-state index contributed by atoms with van der Waals surface area (Å²) in [6.07, 6.45) is 6.25. The van der Waals surface area contributed by atoms with Crippen molar-refractivity contribution in [3.8, 4) is 0 Å². The molecule has 0 saturated heterocycles. The van der Waals surface area contributed by atoms with Crippen LogP contribution in [0.25, 0.3) is 23.1 Å². The van der Waals surface area contributed by atoms with Gasteiger partial charge in [-0.1, -0.05) is 48.6 Å². The molecule has 1 heterocycles. The summed E-state index contributed by atoms with van der Waals surface area (Å²) in [4.78, 5) is 4.40. The van der Waals surface area contributed by atoms with E-state index in [2.05, 4.69) is 67.4 Å². The monoisotopic (exact) mass is 259 g/mol. The highest BCUT2D eigenvalue weighted by Crippen LogP contribution is 2.21. The minimum atomic E-state index is 1.04. The molecule has 0 unspecified atom stereocenters. The maximum absolute atomic E-state index is 4.40. The van der Waals surface area contributed by atoms with Crippen molar-refractivity contribution in [2.45, 2.75) is 13.8 Å². The lowest BCUT2D eigenvalue weighted by Gasteiger charge is -2.05. The third-order valence-corrected chi connectivity index (χ3v) is 3.65. The van der Waals surface area contributed by atoms with Gasteiger partial charge in [-0.2, -0.15) is 0 Å². The third kappa shape index (κ3) is 2.35. The fourth-order valence-corrected chi connectivity index (χ4v) is 2.53. The molecule has 0 N–H and O–H groups in total. The van der Waals surface area contributed by atoms with Gasteiger partial charge in [0.1, 0.15) is 0 Å². The van der Waals surface area contributed by atoms with Gasteiger partial charge in [0.05, 0.1) is 5.52 Å². The maximum atomic E-state index is 4.40. The van der Waals surface area contributed by atoms with E-state index in [0.29, 0.717) is 0 Å². The summed E-state index contributed by atoms with van der Waals surface area (Å²) in [7, 11) is 0. The van der Waals surface area contributed by atoms with Crippen LogP contribution in [0, 0.1) is 13.8 Å². The van der Waals surface area contributed by atoms with Crippen LogP contribution in [0.2, 0.25) is 0 Å². The molecule has 0 fully saturated rings. The summed E-state index contributed by atoms with van der Waals surface area (Å²) >= 11 is 0. The Balaban J connectivity index is 2.07. The second kappa shape index (κ2) is 5.30. The van der Waals surface area contributed by atoms with Gasteiger partial charge in [-0.15, -0.1) is 0 Å². The second-order valence-corrected chi connectivity index (χ2v) is 5.06. The third-order valence-electron chi connectivity index (χ3n) is 3.65.